The Morgan fingerprint density at radius 2 is 1.74 bits per heavy atom. The molecule has 1 aliphatic rings. The number of nitrogens with zero attached hydrogens (tertiary/aromatic N) is 2. The maximum absolute atomic E-state index is 13.3. The van der Waals surface area contributed by atoms with Crippen molar-refractivity contribution in [3.8, 4) is 0 Å². The van der Waals surface area contributed by atoms with E-state index in [4.69, 9.17) is 4.42 Å². The molecule has 1 fully saturated rings. The average molecular weight is 477 g/mol. The van der Waals surface area contributed by atoms with Gasteiger partial charge in [-0.15, -0.1) is 0 Å². The normalized spacial score (nSPS) is 15.6. The number of furan rings is 1. The van der Waals surface area contributed by atoms with Gasteiger partial charge in [0.05, 0.1) is 24.5 Å². The van der Waals surface area contributed by atoms with Gasteiger partial charge in [0.25, 0.3) is 11.8 Å². The third kappa shape index (κ3) is 6.47. The van der Waals surface area contributed by atoms with Crippen molar-refractivity contribution in [3.05, 3.63) is 88.0 Å². The zero-order valence-electron chi connectivity index (χ0n) is 20.0. The number of hydrogen-bond donors (Lipinski definition) is 2. The van der Waals surface area contributed by atoms with Crippen LogP contribution in [0.4, 0.5) is 0 Å². The Kier molecular flexibility index (Phi) is 8.13. The van der Waals surface area contributed by atoms with E-state index in [0.29, 0.717) is 12.3 Å². The van der Waals surface area contributed by atoms with Gasteiger partial charge in [-0.05, 0) is 44.0 Å². The van der Waals surface area contributed by atoms with Crippen LogP contribution in [-0.4, -0.2) is 27.4 Å². The van der Waals surface area contributed by atoms with Gasteiger partial charge in [0, 0.05) is 24.6 Å². The predicted molar refractivity (Wildman–Crippen MR) is 132 cm³/mol. The number of hydrogen-bond acceptors (Lipinski definition) is 5. The van der Waals surface area contributed by atoms with E-state index in [9.17, 15) is 14.4 Å². The molecule has 1 unspecified atom stereocenters. The van der Waals surface area contributed by atoms with E-state index in [2.05, 4.69) is 15.6 Å². The Labute approximate surface area is 204 Å². The molecule has 1 saturated carbocycles. The van der Waals surface area contributed by atoms with Gasteiger partial charge >= 0.3 is 0 Å². The van der Waals surface area contributed by atoms with E-state index in [1.54, 1.807) is 29.8 Å². The Morgan fingerprint density at radius 1 is 1.03 bits per heavy atom. The molecule has 1 atom stereocenters. The maximum atomic E-state index is 13.3. The van der Waals surface area contributed by atoms with Crippen molar-refractivity contribution in [1.29, 1.82) is 0 Å². The first-order chi connectivity index (χ1) is 17.0. The van der Waals surface area contributed by atoms with Gasteiger partial charge in [0.1, 0.15) is 16.9 Å². The van der Waals surface area contributed by atoms with E-state index >= 15 is 0 Å². The molecule has 8 heteroatoms. The molecule has 0 spiro atoms. The van der Waals surface area contributed by atoms with Crippen LogP contribution in [-0.2, 0) is 6.54 Å². The second-order valence-electron chi connectivity index (χ2n) is 9.13. The first-order valence-electron chi connectivity index (χ1n) is 12.3. The highest BCUT2D eigenvalue weighted by Gasteiger charge is 2.23. The average Bonchev–Trinajstić information content (AvgIpc) is 3.37. The fraction of sp³-hybridized carbons (Fsp3) is 0.407. The topological polar surface area (TPSA) is 106 Å². The third-order valence-electron chi connectivity index (χ3n) is 6.40. The molecule has 0 aromatic carbocycles. The third-order valence-corrected chi connectivity index (χ3v) is 6.40. The van der Waals surface area contributed by atoms with E-state index in [1.807, 2.05) is 18.2 Å². The number of aromatic nitrogens is 2. The number of carbonyl (C=O) groups is 2. The molecule has 3 aromatic heterocycles. The molecule has 2 amide bonds. The van der Waals surface area contributed by atoms with Crippen LogP contribution >= 0.6 is 0 Å². The van der Waals surface area contributed by atoms with Crippen LogP contribution in [0.2, 0.25) is 0 Å². The van der Waals surface area contributed by atoms with Crippen molar-refractivity contribution in [2.45, 2.75) is 70.5 Å². The molecular weight excluding hydrogens is 444 g/mol. The first kappa shape index (κ1) is 24.4. The molecule has 0 radical (unpaired) electrons. The quantitative estimate of drug-likeness (QED) is 0.531. The second-order valence-corrected chi connectivity index (χ2v) is 9.13. The lowest BCUT2D eigenvalue weighted by Crippen LogP contribution is -2.40. The molecule has 1 aliphatic carbocycles. The zero-order valence-corrected chi connectivity index (χ0v) is 20.0. The number of carbonyl (C=O) groups excluding carboxylic acids is 2. The first-order valence-corrected chi connectivity index (χ1v) is 12.3. The molecule has 0 aliphatic heterocycles. The molecule has 0 bridgehead atoms. The Balaban J connectivity index is 1.62. The van der Waals surface area contributed by atoms with Crippen molar-refractivity contribution in [1.82, 2.24) is 20.2 Å². The highest BCUT2D eigenvalue weighted by atomic mass is 16.3. The Bertz CT molecular complexity index is 1180. The molecule has 3 heterocycles. The molecule has 3 aromatic rings. The standard InChI is InChI=1S/C27H32N4O4/c1-19(24-13-9-15-35-24)29-26(33)22-17-31(16-21-12-7-8-14-28-21)18-23(25(22)32)27(34)30-20-10-5-3-2-4-6-11-20/h7-9,12-15,17-20H,2-6,10-11,16H2,1H3,(H,29,33)(H,30,34). The smallest absolute Gasteiger partial charge is 0.257 e. The van der Waals surface area contributed by atoms with E-state index < -0.39 is 23.3 Å². The fourth-order valence-corrected chi connectivity index (χ4v) is 4.47. The Hall–Kier alpha value is -3.68. The van der Waals surface area contributed by atoms with Crippen LogP contribution in [0.15, 0.2) is 64.4 Å². The summed E-state index contributed by atoms with van der Waals surface area (Å²) in [7, 11) is 0. The summed E-state index contributed by atoms with van der Waals surface area (Å²) in [4.78, 5) is 44.0. The lowest BCUT2D eigenvalue weighted by molar-refractivity contribution is 0.0928. The van der Waals surface area contributed by atoms with Crippen LogP contribution in [0.1, 0.15) is 90.1 Å². The minimum atomic E-state index is -0.588. The van der Waals surface area contributed by atoms with Gasteiger partial charge in [-0.3, -0.25) is 19.4 Å². The summed E-state index contributed by atoms with van der Waals surface area (Å²) in [5.41, 5.74) is 0.0264. The SMILES string of the molecule is CC(NC(=O)c1cn(Cc2ccccn2)cc(C(=O)NC2CCCCCCC2)c1=O)c1ccco1. The van der Waals surface area contributed by atoms with Crippen molar-refractivity contribution in [3.63, 3.8) is 0 Å². The zero-order chi connectivity index (χ0) is 24.6. The lowest BCUT2D eigenvalue weighted by Gasteiger charge is -2.21. The lowest BCUT2D eigenvalue weighted by atomic mass is 9.96. The van der Waals surface area contributed by atoms with Gasteiger partial charge < -0.3 is 19.6 Å². The van der Waals surface area contributed by atoms with Crippen LogP contribution in [0.3, 0.4) is 0 Å². The largest absolute Gasteiger partial charge is 0.467 e. The monoisotopic (exact) mass is 476 g/mol. The Morgan fingerprint density at radius 3 is 2.40 bits per heavy atom. The van der Waals surface area contributed by atoms with Crippen molar-refractivity contribution in [2.75, 3.05) is 0 Å². The number of rotatable bonds is 7. The minimum Gasteiger partial charge on any atom is -0.467 e. The summed E-state index contributed by atoms with van der Waals surface area (Å²) in [6, 6.07) is 8.62. The van der Waals surface area contributed by atoms with Gasteiger partial charge in [-0.2, -0.15) is 0 Å². The van der Waals surface area contributed by atoms with E-state index in [1.165, 1.54) is 25.1 Å². The summed E-state index contributed by atoms with van der Waals surface area (Å²) < 4.78 is 7.03. The van der Waals surface area contributed by atoms with Crippen LogP contribution in [0, 0.1) is 0 Å². The summed E-state index contributed by atoms with van der Waals surface area (Å²) in [6.45, 7) is 2.09. The predicted octanol–water partition coefficient (Wildman–Crippen LogP) is 4.22. The fourth-order valence-electron chi connectivity index (χ4n) is 4.47. The van der Waals surface area contributed by atoms with Crippen molar-refractivity contribution < 1.29 is 14.0 Å². The van der Waals surface area contributed by atoms with Crippen LogP contribution in [0.25, 0.3) is 0 Å². The van der Waals surface area contributed by atoms with E-state index in [0.717, 1.165) is 44.2 Å². The van der Waals surface area contributed by atoms with Crippen molar-refractivity contribution >= 4 is 11.8 Å². The van der Waals surface area contributed by atoms with Crippen LogP contribution < -0.4 is 16.1 Å². The molecule has 4 rings (SSSR count). The number of amides is 2. The van der Waals surface area contributed by atoms with Gasteiger partial charge in [0.15, 0.2) is 0 Å². The second kappa shape index (κ2) is 11.6. The number of pyridine rings is 2. The molecule has 35 heavy (non-hydrogen) atoms. The molecule has 8 nitrogen and oxygen atoms in total. The highest BCUT2D eigenvalue weighted by molar-refractivity contribution is 5.99. The molecule has 0 saturated heterocycles. The maximum Gasteiger partial charge on any atom is 0.257 e. The molecular formula is C27H32N4O4. The highest BCUT2D eigenvalue weighted by Crippen LogP contribution is 2.18. The molecule has 2 N–H and O–H groups in total. The van der Waals surface area contributed by atoms with Gasteiger partial charge in [0.2, 0.25) is 5.43 Å². The summed E-state index contributed by atoms with van der Waals surface area (Å²) in [5, 5.41) is 5.85. The van der Waals surface area contributed by atoms with E-state index in [-0.39, 0.29) is 17.2 Å². The minimum absolute atomic E-state index is 0.0305. The summed E-state index contributed by atoms with van der Waals surface area (Å²) >= 11 is 0. The van der Waals surface area contributed by atoms with Crippen molar-refractivity contribution in [2.24, 2.45) is 0 Å². The van der Waals surface area contributed by atoms with Gasteiger partial charge in [-0.1, -0.05) is 38.2 Å². The van der Waals surface area contributed by atoms with Gasteiger partial charge in [-0.25, -0.2) is 0 Å². The molecule has 184 valence electrons. The van der Waals surface area contributed by atoms with Crippen LogP contribution in [0.5, 0.6) is 0 Å². The number of nitrogens with one attached hydrogen (secondary N) is 2. The summed E-state index contributed by atoms with van der Waals surface area (Å²) in [6.07, 6.45) is 13.7. The summed E-state index contributed by atoms with van der Waals surface area (Å²) in [5.74, 6) is -0.427.